The van der Waals surface area contributed by atoms with Gasteiger partial charge < -0.3 is 4.74 Å². The van der Waals surface area contributed by atoms with Crippen LogP contribution in [0.1, 0.15) is 26.3 Å². The van der Waals surface area contributed by atoms with Gasteiger partial charge in [0.2, 0.25) is 5.02 Å². The van der Waals surface area contributed by atoms with Gasteiger partial charge >= 0.3 is 0 Å². The molecular weight excluding hydrogens is 315 g/mol. The Balaban J connectivity index is 2.43. The second-order valence-corrected chi connectivity index (χ2v) is 6.90. The lowest BCUT2D eigenvalue weighted by molar-refractivity contribution is -0.289. The summed E-state index contributed by atoms with van der Waals surface area (Å²) in [5.41, 5.74) is 0.985. The van der Waals surface area contributed by atoms with Crippen molar-refractivity contribution in [2.75, 3.05) is 0 Å². The molecule has 0 aromatic heterocycles. The summed E-state index contributed by atoms with van der Waals surface area (Å²) in [5, 5.41) is 1.86. The number of ether oxygens (including phenoxy) is 1. The number of benzene rings is 2. The van der Waals surface area contributed by atoms with Crippen LogP contribution in [0.3, 0.4) is 0 Å². The van der Waals surface area contributed by atoms with Crippen molar-refractivity contribution in [3.05, 3.63) is 57.0 Å². The normalized spacial score (nSPS) is 11.5. The van der Waals surface area contributed by atoms with Crippen molar-refractivity contribution in [3.8, 4) is 11.5 Å². The first kappa shape index (κ1) is 15.5. The second-order valence-electron chi connectivity index (χ2n) is 5.58. The zero-order valence-electron chi connectivity index (χ0n) is 11.5. The highest BCUT2D eigenvalue weighted by molar-refractivity contribution is 6.35. The summed E-state index contributed by atoms with van der Waals surface area (Å²) in [6, 6.07) is 10.9. The van der Waals surface area contributed by atoms with Crippen LogP contribution in [0.15, 0.2) is 36.4 Å². The summed E-state index contributed by atoms with van der Waals surface area (Å²) < 4.78 is 5.94. The Labute approximate surface area is 134 Å². The molecule has 106 valence electrons. The SMILES string of the molecule is CC(C)(C)c1cc([ClH+])ccc1Oc1ccc(Cl)cc1Cl. The van der Waals surface area contributed by atoms with Crippen LogP contribution in [0, 0.1) is 11.6 Å². The minimum atomic E-state index is -0.0664. The summed E-state index contributed by atoms with van der Waals surface area (Å²) in [6.07, 6.45) is 0. The van der Waals surface area contributed by atoms with Gasteiger partial charge in [-0.05, 0) is 29.7 Å². The monoisotopic (exact) mass is 329 g/mol. The van der Waals surface area contributed by atoms with E-state index in [1.165, 1.54) is 0 Å². The van der Waals surface area contributed by atoms with Gasteiger partial charge in [-0.3, -0.25) is 0 Å². The van der Waals surface area contributed by atoms with E-state index in [1.807, 2.05) is 18.2 Å². The van der Waals surface area contributed by atoms with Crippen LogP contribution >= 0.6 is 23.2 Å². The Morgan fingerprint density at radius 2 is 1.60 bits per heavy atom. The van der Waals surface area contributed by atoms with E-state index in [-0.39, 0.29) is 5.41 Å². The van der Waals surface area contributed by atoms with Crippen molar-refractivity contribution in [2.24, 2.45) is 0 Å². The van der Waals surface area contributed by atoms with Crippen molar-refractivity contribution < 1.29 is 16.3 Å². The van der Waals surface area contributed by atoms with Gasteiger partial charge in [-0.2, -0.15) is 0 Å². The van der Waals surface area contributed by atoms with Crippen molar-refractivity contribution >= 4 is 23.2 Å². The molecule has 2 aromatic carbocycles. The highest BCUT2D eigenvalue weighted by Crippen LogP contribution is 2.37. The number of hydrogen-bond acceptors (Lipinski definition) is 1. The van der Waals surface area contributed by atoms with Gasteiger partial charge in [0, 0.05) is 22.7 Å². The Bertz CT molecular complexity index is 630. The average Bonchev–Trinajstić information content (AvgIpc) is 2.33. The van der Waals surface area contributed by atoms with Crippen molar-refractivity contribution in [3.63, 3.8) is 0 Å². The van der Waals surface area contributed by atoms with E-state index in [0.29, 0.717) is 15.8 Å². The van der Waals surface area contributed by atoms with Gasteiger partial charge in [0.15, 0.2) is 11.6 Å². The molecule has 0 aliphatic heterocycles. The molecule has 0 bridgehead atoms. The highest BCUT2D eigenvalue weighted by atomic mass is 35.5. The predicted octanol–water partition coefficient (Wildman–Crippen LogP) is 5.78. The molecule has 0 saturated heterocycles. The van der Waals surface area contributed by atoms with Crippen LogP contribution in [0.4, 0.5) is 0 Å². The highest BCUT2D eigenvalue weighted by Gasteiger charge is 2.21. The summed E-state index contributed by atoms with van der Waals surface area (Å²) in [5.74, 6) is 1.34. The fraction of sp³-hybridized carbons (Fsp3) is 0.250. The van der Waals surface area contributed by atoms with E-state index in [9.17, 15) is 0 Å². The molecule has 0 saturated carbocycles. The van der Waals surface area contributed by atoms with Crippen LogP contribution in [0.2, 0.25) is 15.1 Å². The Kier molecular flexibility index (Phi) is 4.53. The van der Waals surface area contributed by atoms with E-state index < -0.39 is 0 Å². The lowest BCUT2D eigenvalue weighted by Gasteiger charge is -2.22. The van der Waals surface area contributed by atoms with Crippen LogP contribution in [0.5, 0.6) is 11.5 Å². The van der Waals surface area contributed by atoms with Gasteiger partial charge in [-0.1, -0.05) is 44.0 Å². The molecule has 1 nitrogen and oxygen atoms in total. The summed E-state index contributed by atoms with van der Waals surface area (Å²) in [7, 11) is 0. The first-order valence-corrected chi connectivity index (χ1v) is 7.38. The third kappa shape index (κ3) is 3.60. The van der Waals surface area contributed by atoms with E-state index in [0.717, 1.165) is 16.3 Å². The molecule has 0 radical (unpaired) electrons. The fourth-order valence-electron chi connectivity index (χ4n) is 1.86. The Morgan fingerprint density at radius 1 is 0.950 bits per heavy atom. The van der Waals surface area contributed by atoms with E-state index in [2.05, 4.69) is 20.8 Å². The van der Waals surface area contributed by atoms with Crippen LogP contribution in [0.25, 0.3) is 0 Å². The molecule has 0 unspecified atom stereocenters. The maximum atomic E-state index is 6.15. The van der Waals surface area contributed by atoms with Crippen LogP contribution in [-0.2, 0) is 5.41 Å². The molecule has 0 atom stereocenters. The minimum absolute atomic E-state index is 0.0664. The minimum Gasteiger partial charge on any atom is -0.455 e. The summed E-state index contributed by atoms with van der Waals surface area (Å²) in [4.78, 5) is 0. The molecule has 2 aromatic rings. The smallest absolute Gasteiger partial charge is 0.226 e. The van der Waals surface area contributed by atoms with Gasteiger partial charge in [0.05, 0.1) is 5.02 Å². The Morgan fingerprint density at radius 3 is 2.20 bits per heavy atom. The molecule has 0 amide bonds. The predicted molar refractivity (Wildman–Crippen MR) is 82.2 cm³/mol. The summed E-state index contributed by atoms with van der Waals surface area (Å²) in [6.45, 7) is 6.36. The van der Waals surface area contributed by atoms with E-state index in [4.69, 9.17) is 39.5 Å². The standard InChI is InChI=1S/C16H16Cl3O/c1-16(2,3)12-8-10(17)4-6-14(12)20-15-7-5-11(18)9-13(15)19/h4-9,17H,1-3H3/q+1. The van der Waals surface area contributed by atoms with Crippen LogP contribution < -0.4 is 4.74 Å². The van der Waals surface area contributed by atoms with Crippen molar-refractivity contribution in [2.45, 2.75) is 26.2 Å². The third-order valence-corrected chi connectivity index (χ3v) is 3.66. The van der Waals surface area contributed by atoms with Crippen molar-refractivity contribution in [1.82, 2.24) is 0 Å². The molecule has 0 N–H and O–H groups in total. The third-order valence-electron chi connectivity index (χ3n) is 2.87. The summed E-state index contributed by atoms with van der Waals surface area (Å²) >= 11 is 17.3. The number of rotatable bonds is 2. The molecule has 0 spiro atoms. The maximum absolute atomic E-state index is 6.15. The fourth-order valence-corrected chi connectivity index (χ4v) is 2.49. The largest absolute Gasteiger partial charge is 0.455 e. The number of halogens is 3. The molecule has 0 aliphatic rings. The topological polar surface area (TPSA) is 9.23 Å². The lowest BCUT2D eigenvalue weighted by Crippen LogP contribution is -2.12. The quantitative estimate of drug-likeness (QED) is 0.678. The van der Waals surface area contributed by atoms with Gasteiger partial charge in [0.25, 0.3) is 0 Å². The second kappa shape index (κ2) is 5.85. The zero-order chi connectivity index (χ0) is 14.9. The average molecular weight is 331 g/mol. The molecule has 0 heterocycles. The first-order valence-electron chi connectivity index (χ1n) is 6.22. The van der Waals surface area contributed by atoms with Gasteiger partial charge in [0.1, 0.15) is 11.5 Å². The molecule has 4 heteroatoms. The molecule has 20 heavy (non-hydrogen) atoms. The maximum Gasteiger partial charge on any atom is 0.226 e. The molecular formula is C16H16Cl3O+. The zero-order valence-corrected chi connectivity index (χ0v) is 13.9. The van der Waals surface area contributed by atoms with Crippen LogP contribution in [-0.4, -0.2) is 0 Å². The van der Waals surface area contributed by atoms with E-state index in [1.54, 1.807) is 18.2 Å². The molecule has 0 aliphatic carbocycles. The Hall–Kier alpha value is -0.890. The van der Waals surface area contributed by atoms with E-state index >= 15 is 0 Å². The lowest BCUT2D eigenvalue weighted by atomic mass is 9.86. The van der Waals surface area contributed by atoms with Gasteiger partial charge in [-0.25, -0.2) is 0 Å². The van der Waals surface area contributed by atoms with Crippen molar-refractivity contribution in [1.29, 1.82) is 0 Å². The number of hydrogen-bond donors (Lipinski definition) is 0. The van der Waals surface area contributed by atoms with Gasteiger partial charge in [-0.15, -0.1) is 0 Å². The molecule has 2 rings (SSSR count). The molecule has 0 fully saturated rings. The first-order chi connectivity index (χ1) is 9.27.